The van der Waals surface area contributed by atoms with Gasteiger partial charge in [-0.1, -0.05) is 25.1 Å². The van der Waals surface area contributed by atoms with Crippen LogP contribution < -0.4 is 15.4 Å². The molecule has 1 saturated heterocycles. The van der Waals surface area contributed by atoms with Crippen molar-refractivity contribution in [3.05, 3.63) is 29.8 Å². The van der Waals surface area contributed by atoms with Gasteiger partial charge in [-0.2, -0.15) is 0 Å². The predicted octanol–water partition coefficient (Wildman–Crippen LogP) is 1.71. The van der Waals surface area contributed by atoms with Gasteiger partial charge in [-0.15, -0.1) is 0 Å². The van der Waals surface area contributed by atoms with Crippen LogP contribution in [0.1, 0.15) is 24.9 Å². The Bertz CT molecular complexity index is 336. The van der Waals surface area contributed by atoms with Gasteiger partial charge in [-0.25, -0.2) is 0 Å². The molecule has 1 unspecified atom stereocenters. The molecular weight excluding hydrogens is 200 g/mol. The molecule has 0 aliphatic carbocycles. The number of ether oxygens (including phenoxy) is 1. The normalized spacial score (nSPS) is 17.9. The maximum Gasteiger partial charge on any atom is 0.123 e. The van der Waals surface area contributed by atoms with E-state index >= 15 is 0 Å². The first kappa shape index (κ1) is 11.4. The second kappa shape index (κ2) is 5.32. The predicted molar refractivity (Wildman–Crippen MR) is 65.8 cm³/mol. The molecule has 2 rings (SSSR count). The summed E-state index contributed by atoms with van der Waals surface area (Å²) in [4.78, 5) is 0. The monoisotopic (exact) mass is 220 g/mol. The number of rotatable bonds is 5. The zero-order valence-electron chi connectivity index (χ0n) is 9.99. The topological polar surface area (TPSA) is 33.3 Å². The Kier molecular flexibility index (Phi) is 3.80. The van der Waals surface area contributed by atoms with E-state index in [2.05, 4.69) is 29.7 Å². The molecular formula is C13H20N2O. The van der Waals surface area contributed by atoms with Crippen molar-refractivity contribution in [3.8, 4) is 5.75 Å². The average Bonchev–Trinajstić information content (AvgIpc) is 2.28. The van der Waals surface area contributed by atoms with Gasteiger partial charge in [0, 0.05) is 30.7 Å². The third-order valence-corrected chi connectivity index (χ3v) is 3.14. The molecule has 1 aliphatic rings. The first-order valence-electron chi connectivity index (χ1n) is 5.94. The van der Waals surface area contributed by atoms with Crippen molar-refractivity contribution in [2.75, 3.05) is 20.2 Å². The minimum absolute atomic E-state index is 0.392. The Morgan fingerprint density at radius 2 is 2.19 bits per heavy atom. The fraction of sp³-hybridized carbons (Fsp3) is 0.538. The maximum atomic E-state index is 5.41. The van der Waals surface area contributed by atoms with Gasteiger partial charge in [0.25, 0.3) is 0 Å². The molecule has 0 amide bonds. The van der Waals surface area contributed by atoms with Crippen LogP contribution in [0.5, 0.6) is 5.75 Å². The van der Waals surface area contributed by atoms with E-state index in [4.69, 9.17) is 4.74 Å². The highest BCUT2D eigenvalue weighted by Crippen LogP contribution is 2.27. The lowest BCUT2D eigenvalue weighted by Gasteiger charge is -2.32. The lowest BCUT2D eigenvalue weighted by atomic mass is 10.0. The fourth-order valence-electron chi connectivity index (χ4n) is 2.07. The summed E-state index contributed by atoms with van der Waals surface area (Å²) in [6.45, 7) is 4.35. The van der Waals surface area contributed by atoms with Crippen molar-refractivity contribution in [2.24, 2.45) is 0 Å². The summed E-state index contributed by atoms with van der Waals surface area (Å²) in [7, 11) is 1.73. The first-order chi connectivity index (χ1) is 7.85. The summed E-state index contributed by atoms with van der Waals surface area (Å²) < 4.78 is 5.41. The summed E-state index contributed by atoms with van der Waals surface area (Å²) in [5.74, 6) is 0.981. The molecule has 0 spiro atoms. The van der Waals surface area contributed by atoms with Crippen molar-refractivity contribution in [1.82, 2.24) is 10.6 Å². The minimum Gasteiger partial charge on any atom is -0.496 e. The zero-order chi connectivity index (χ0) is 11.4. The highest BCUT2D eigenvalue weighted by Gasteiger charge is 2.22. The Morgan fingerprint density at radius 1 is 1.44 bits per heavy atom. The Hall–Kier alpha value is -1.06. The van der Waals surface area contributed by atoms with Gasteiger partial charge in [0.05, 0.1) is 7.11 Å². The van der Waals surface area contributed by atoms with E-state index in [-0.39, 0.29) is 0 Å². The van der Waals surface area contributed by atoms with Gasteiger partial charge in [-0.05, 0) is 12.5 Å². The number of hydrogen-bond donors (Lipinski definition) is 2. The molecule has 2 N–H and O–H groups in total. The van der Waals surface area contributed by atoms with Crippen molar-refractivity contribution in [1.29, 1.82) is 0 Å². The second-order valence-electron chi connectivity index (χ2n) is 4.22. The molecule has 88 valence electrons. The minimum atomic E-state index is 0.392. The Labute approximate surface area is 97.2 Å². The Morgan fingerprint density at radius 3 is 2.75 bits per heavy atom. The quantitative estimate of drug-likeness (QED) is 0.792. The first-order valence-corrected chi connectivity index (χ1v) is 5.94. The standard InChI is InChI=1S/C13H20N2O/c1-3-12(15-10-8-14-9-10)11-6-4-5-7-13(11)16-2/h4-7,10,12,14-15H,3,8-9H2,1-2H3. The summed E-state index contributed by atoms with van der Waals surface area (Å²) in [6.07, 6.45) is 1.08. The van der Waals surface area contributed by atoms with Gasteiger partial charge < -0.3 is 15.4 Å². The molecule has 1 aromatic rings. The SMILES string of the molecule is CCC(NC1CNC1)c1ccccc1OC. The van der Waals surface area contributed by atoms with Crippen LogP contribution in [0.15, 0.2) is 24.3 Å². The molecule has 1 fully saturated rings. The van der Waals surface area contributed by atoms with Crippen LogP contribution in [0, 0.1) is 0 Å². The number of methoxy groups -OCH3 is 1. The third kappa shape index (κ3) is 2.36. The lowest BCUT2D eigenvalue weighted by molar-refractivity contribution is 0.318. The highest BCUT2D eigenvalue weighted by atomic mass is 16.5. The van der Waals surface area contributed by atoms with Gasteiger partial charge in [0.1, 0.15) is 5.75 Å². The van der Waals surface area contributed by atoms with Crippen LogP contribution in [0.25, 0.3) is 0 Å². The van der Waals surface area contributed by atoms with E-state index in [1.807, 2.05) is 12.1 Å². The van der Waals surface area contributed by atoms with Crippen LogP contribution in [0.2, 0.25) is 0 Å². The van der Waals surface area contributed by atoms with Gasteiger partial charge in [0.2, 0.25) is 0 Å². The molecule has 3 heteroatoms. The fourth-order valence-corrected chi connectivity index (χ4v) is 2.07. The van der Waals surface area contributed by atoms with Crippen LogP contribution >= 0.6 is 0 Å². The summed E-state index contributed by atoms with van der Waals surface area (Å²) in [5, 5.41) is 6.93. The van der Waals surface area contributed by atoms with Crippen molar-refractivity contribution >= 4 is 0 Å². The van der Waals surface area contributed by atoms with Crippen molar-refractivity contribution in [3.63, 3.8) is 0 Å². The van der Waals surface area contributed by atoms with Crippen LogP contribution in [0.4, 0.5) is 0 Å². The molecule has 0 saturated carbocycles. The highest BCUT2D eigenvalue weighted by molar-refractivity contribution is 5.35. The van der Waals surface area contributed by atoms with Gasteiger partial charge in [0.15, 0.2) is 0 Å². The summed E-state index contributed by atoms with van der Waals surface area (Å²) in [6, 6.07) is 9.25. The molecule has 1 aliphatic heterocycles. The Balaban J connectivity index is 2.11. The van der Waals surface area contributed by atoms with Crippen LogP contribution in [0.3, 0.4) is 0 Å². The molecule has 0 aromatic heterocycles. The van der Waals surface area contributed by atoms with Gasteiger partial charge in [-0.3, -0.25) is 0 Å². The van der Waals surface area contributed by atoms with Crippen LogP contribution in [-0.2, 0) is 0 Å². The smallest absolute Gasteiger partial charge is 0.123 e. The molecule has 16 heavy (non-hydrogen) atoms. The molecule has 0 radical (unpaired) electrons. The third-order valence-electron chi connectivity index (χ3n) is 3.14. The number of benzene rings is 1. The molecule has 1 atom stereocenters. The lowest BCUT2D eigenvalue weighted by Crippen LogP contribution is -2.56. The molecule has 1 heterocycles. The van der Waals surface area contributed by atoms with E-state index in [9.17, 15) is 0 Å². The molecule has 1 aromatic carbocycles. The maximum absolute atomic E-state index is 5.41. The number of hydrogen-bond acceptors (Lipinski definition) is 3. The zero-order valence-corrected chi connectivity index (χ0v) is 9.99. The van der Waals surface area contributed by atoms with E-state index < -0.39 is 0 Å². The summed E-state index contributed by atoms with van der Waals surface area (Å²) in [5.41, 5.74) is 1.26. The van der Waals surface area contributed by atoms with Crippen LogP contribution in [-0.4, -0.2) is 26.2 Å². The number of nitrogens with one attached hydrogen (secondary N) is 2. The van der Waals surface area contributed by atoms with Crippen molar-refractivity contribution in [2.45, 2.75) is 25.4 Å². The summed E-state index contributed by atoms with van der Waals surface area (Å²) >= 11 is 0. The van der Waals surface area contributed by atoms with Crippen molar-refractivity contribution < 1.29 is 4.74 Å². The molecule has 3 nitrogen and oxygen atoms in total. The van der Waals surface area contributed by atoms with E-state index in [0.29, 0.717) is 12.1 Å². The van der Waals surface area contributed by atoms with Gasteiger partial charge >= 0.3 is 0 Å². The van der Waals surface area contributed by atoms with E-state index in [1.54, 1.807) is 7.11 Å². The van der Waals surface area contributed by atoms with E-state index in [0.717, 1.165) is 25.3 Å². The largest absolute Gasteiger partial charge is 0.496 e. The van der Waals surface area contributed by atoms with E-state index in [1.165, 1.54) is 5.56 Å². The second-order valence-corrected chi connectivity index (χ2v) is 4.22. The molecule has 0 bridgehead atoms. The number of para-hydroxylation sites is 1. The average molecular weight is 220 g/mol.